The van der Waals surface area contributed by atoms with Crippen molar-refractivity contribution in [2.45, 2.75) is 37.8 Å². The summed E-state index contributed by atoms with van der Waals surface area (Å²) in [5.41, 5.74) is 7.55. The summed E-state index contributed by atoms with van der Waals surface area (Å²) in [7, 11) is -3.68. The van der Waals surface area contributed by atoms with Gasteiger partial charge in [-0.3, -0.25) is 0 Å². The molecule has 1 saturated heterocycles. The second kappa shape index (κ2) is 5.92. The summed E-state index contributed by atoms with van der Waals surface area (Å²) < 4.78 is 32.8. The van der Waals surface area contributed by atoms with Crippen LogP contribution < -0.4 is 5.73 Å². The molecule has 1 heterocycles. The molecule has 0 radical (unpaired) electrons. The molecule has 0 aromatic heterocycles. The third kappa shape index (κ3) is 2.91. The molecule has 1 aromatic carbocycles. The highest BCUT2D eigenvalue weighted by molar-refractivity contribution is 7.89. The monoisotopic (exact) mass is 314 g/mol. The van der Waals surface area contributed by atoms with Crippen LogP contribution in [0.5, 0.6) is 0 Å². The minimum absolute atomic E-state index is 0.147. The molecule has 0 aliphatic carbocycles. The van der Waals surface area contributed by atoms with Gasteiger partial charge in [0.25, 0.3) is 0 Å². The fourth-order valence-electron chi connectivity index (χ4n) is 2.59. The van der Waals surface area contributed by atoms with E-state index in [0.29, 0.717) is 16.8 Å². The van der Waals surface area contributed by atoms with Gasteiger partial charge < -0.3 is 15.6 Å². The average molecular weight is 314 g/mol. The predicted molar refractivity (Wildman–Crippen MR) is 80.5 cm³/mol. The SMILES string of the molecule is Cc1ccc(N)c(C)c1S(=O)(=O)N1CC(CO)OCC1C. The van der Waals surface area contributed by atoms with Crippen molar-refractivity contribution in [2.75, 3.05) is 25.5 Å². The van der Waals surface area contributed by atoms with Crippen LogP contribution in [-0.4, -0.2) is 49.7 Å². The van der Waals surface area contributed by atoms with Gasteiger partial charge in [0, 0.05) is 18.3 Å². The van der Waals surface area contributed by atoms with Crippen LogP contribution in [0.15, 0.2) is 17.0 Å². The molecule has 6 nitrogen and oxygen atoms in total. The van der Waals surface area contributed by atoms with Gasteiger partial charge in [0.05, 0.1) is 24.2 Å². The van der Waals surface area contributed by atoms with Crippen LogP contribution in [0.1, 0.15) is 18.1 Å². The molecule has 7 heteroatoms. The average Bonchev–Trinajstić information content (AvgIpc) is 2.43. The van der Waals surface area contributed by atoms with Crippen molar-refractivity contribution in [3.05, 3.63) is 23.3 Å². The molecule has 1 fully saturated rings. The Kier molecular flexibility index (Phi) is 4.57. The van der Waals surface area contributed by atoms with E-state index in [9.17, 15) is 13.5 Å². The maximum Gasteiger partial charge on any atom is 0.244 e. The highest BCUT2D eigenvalue weighted by Gasteiger charge is 2.37. The molecular formula is C14H22N2O4S. The quantitative estimate of drug-likeness (QED) is 0.799. The second-order valence-corrected chi connectivity index (χ2v) is 7.31. The largest absolute Gasteiger partial charge is 0.398 e. The van der Waals surface area contributed by atoms with Crippen molar-refractivity contribution in [1.82, 2.24) is 4.31 Å². The molecule has 1 aliphatic rings. The third-order valence-electron chi connectivity index (χ3n) is 3.86. The number of nitrogens with two attached hydrogens (primary N) is 1. The lowest BCUT2D eigenvalue weighted by molar-refractivity contribution is -0.0516. The Labute approximate surface area is 125 Å². The van der Waals surface area contributed by atoms with E-state index >= 15 is 0 Å². The Hall–Kier alpha value is -1.15. The van der Waals surface area contributed by atoms with Crippen molar-refractivity contribution in [2.24, 2.45) is 0 Å². The first-order valence-electron chi connectivity index (χ1n) is 6.89. The summed E-state index contributed by atoms with van der Waals surface area (Å²) in [5.74, 6) is 0. The van der Waals surface area contributed by atoms with Gasteiger partial charge in [-0.2, -0.15) is 4.31 Å². The standard InChI is InChI=1S/C14H22N2O4S/c1-9-4-5-13(15)11(3)14(9)21(18,19)16-6-12(7-17)20-8-10(16)2/h4-5,10,12,17H,6-8,15H2,1-3H3. The van der Waals surface area contributed by atoms with Gasteiger partial charge in [-0.15, -0.1) is 0 Å². The summed E-state index contributed by atoms with van der Waals surface area (Å²) in [5, 5.41) is 9.22. The number of nitrogens with zero attached hydrogens (tertiary/aromatic N) is 1. The van der Waals surface area contributed by atoms with Gasteiger partial charge in [0.1, 0.15) is 0 Å². The predicted octanol–water partition coefficient (Wildman–Crippen LogP) is 0.656. The zero-order valence-corrected chi connectivity index (χ0v) is 13.4. The molecule has 2 unspecified atom stereocenters. The number of benzene rings is 1. The van der Waals surface area contributed by atoms with E-state index in [1.165, 1.54) is 4.31 Å². The fraction of sp³-hybridized carbons (Fsp3) is 0.571. The van der Waals surface area contributed by atoms with Gasteiger partial charge in [-0.05, 0) is 38.0 Å². The van der Waals surface area contributed by atoms with Gasteiger partial charge in [-0.25, -0.2) is 8.42 Å². The number of aliphatic hydroxyl groups excluding tert-OH is 1. The number of rotatable bonds is 3. The zero-order chi connectivity index (χ0) is 15.8. The van der Waals surface area contributed by atoms with Crippen LogP contribution in [0.2, 0.25) is 0 Å². The van der Waals surface area contributed by atoms with Gasteiger partial charge >= 0.3 is 0 Å². The molecule has 0 bridgehead atoms. The molecule has 0 amide bonds. The Balaban J connectivity index is 2.49. The normalized spacial score (nSPS) is 24.2. The molecule has 0 spiro atoms. The van der Waals surface area contributed by atoms with Crippen molar-refractivity contribution < 1.29 is 18.3 Å². The van der Waals surface area contributed by atoms with Crippen molar-refractivity contribution >= 4 is 15.7 Å². The van der Waals surface area contributed by atoms with Gasteiger partial charge in [-0.1, -0.05) is 6.07 Å². The molecule has 3 N–H and O–H groups in total. The second-order valence-electron chi connectivity index (χ2n) is 5.49. The topological polar surface area (TPSA) is 92.9 Å². The smallest absolute Gasteiger partial charge is 0.244 e. The van der Waals surface area contributed by atoms with Crippen molar-refractivity contribution in [3.63, 3.8) is 0 Å². The number of nitrogen functional groups attached to an aromatic ring is 1. The molecule has 2 rings (SSSR count). The van der Waals surface area contributed by atoms with Crippen LogP contribution in [0.3, 0.4) is 0 Å². The first-order chi connectivity index (χ1) is 9.78. The van der Waals surface area contributed by atoms with E-state index in [4.69, 9.17) is 10.5 Å². The zero-order valence-electron chi connectivity index (χ0n) is 12.5. The van der Waals surface area contributed by atoms with E-state index < -0.39 is 16.1 Å². The molecule has 1 aliphatic heterocycles. The summed E-state index contributed by atoms with van der Waals surface area (Å²) in [4.78, 5) is 0.257. The summed E-state index contributed by atoms with van der Waals surface area (Å²) in [6, 6.07) is 3.14. The van der Waals surface area contributed by atoms with Gasteiger partial charge in [0.2, 0.25) is 10.0 Å². The third-order valence-corrected chi connectivity index (χ3v) is 6.13. The fourth-order valence-corrected chi connectivity index (χ4v) is 4.71. The number of aryl methyl sites for hydroxylation is 1. The van der Waals surface area contributed by atoms with Crippen molar-refractivity contribution in [1.29, 1.82) is 0 Å². The lowest BCUT2D eigenvalue weighted by Gasteiger charge is -2.37. The number of aliphatic hydroxyl groups is 1. The number of anilines is 1. The Morgan fingerprint density at radius 3 is 2.71 bits per heavy atom. The molecule has 21 heavy (non-hydrogen) atoms. The lowest BCUT2D eigenvalue weighted by Crippen LogP contribution is -2.52. The number of hydrogen-bond acceptors (Lipinski definition) is 5. The van der Waals surface area contributed by atoms with E-state index in [0.717, 1.165) is 0 Å². The van der Waals surface area contributed by atoms with Gasteiger partial charge in [0.15, 0.2) is 0 Å². The maximum atomic E-state index is 13.0. The van der Waals surface area contributed by atoms with Crippen LogP contribution in [-0.2, 0) is 14.8 Å². The number of morpholine rings is 1. The van der Waals surface area contributed by atoms with E-state index in [-0.39, 0.29) is 30.7 Å². The Bertz CT molecular complexity index is 630. The number of ether oxygens (including phenoxy) is 1. The molecule has 0 saturated carbocycles. The van der Waals surface area contributed by atoms with Crippen LogP contribution >= 0.6 is 0 Å². The minimum Gasteiger partial charge on any atom is -0.398 e. The Morgan fingerprint density at radius 2 is 2.10 bits per heavy atom. The van der Waals surface area contributed by atoms with E-state index in [1.807, 2.05) is 0 Å². The molecule has 1 aromatic rings. The maximum absolute atomic E-state index is 13.0. The minimum atomic E-state index is -3.68. The van der Waals surface area contributed by atoms with E-state index in [1.54, 1.807) is 32.9 Å². The van der Waals surface area contributed by atoms with Crippen LogP contribution in [0, 0.1) is 13.8 Å². The van der Waals surface area contributed by atoms with Crippen molar-refractivity contribution in [3.8, 4) is 0 Å². The molecule has 118 valence electrons. The van der Waals surface area contributed by atoms with Crippen LogP contribution in [0.4, 0.5) is 5.69 Å². The Morgan fingerprint density at radius 1 is 1.43 bits per heavy atom. The summed E-state index contributed by atoms with van der Waals surface area (Å²) in [6.07, 6.45) is -0.488. The number of hydrogen-bond donors (Lipinski definition) is 2. The summed E-state index contributed by atoms with van der Waals surface area (Å²) in [6.45, 7) is 5.48. The highest BCUT2D eigenvalue weighted by atomic mass is 32.2. The molecular weight excluding hydrogens is 292 g/mol. The van der Waals surface area contributed by atoms with Crippen LogP contribution in [0.25, 0.3) is 0 Å². The first-order valence-corrected chi connectivity index (χ1v) is 8.33. The summed E-state index contributed by atoms with van der Waals surface area (Å²) >= 11 is 0. The lowest BCUT2D eigenvalue weighted by atomic mass is 10.1. The highest BCUT2D eigenvalue weighted by Crippen LogP contribution is 2.30. The van der Waals surface area contributed by atoms with E-state index in [2.05, 4.69) is 0 Å². The first kappa shape index (κ1) is 16.2. The number of sulfonamides is 1. The molecule has 2 atom stereocenters.